The summed E-state index contributed by atoms with van der Waals surface area (Å²) >= 11 is 0. The Hall–Kier alpha value is -0.560. The lowest BCUT2D eigenvalue weighted by molar-refractivity contribution is 0.177. The van der Waals surface area contributed by atoms with Crippen LogP contribution < -0.4 is 0 Å². The summed E-state index contributed by atoms with van der Waals surface area (Å²) in [6.07, 6.45) is 51.9. The summed E-state index contributed by atoms with van der Waals surface area (Å²) < 4.78 is 0. The topological polar surface area (TPSA) is 3.24 Å². The van der Waals surface area contributed by atoms with Crippen molar-refractivity contribution in [2.24, 2.45) is 5.41 Å². The standard InChI is InChI=1S/C41H81N/c1-6-8-10-12-14-16-18-20-22-24-26-28-30-32-34-36-38-41(3,40-42(4)5)39-37-35-33-31-29-27-25-23-21-19-17-15-13-11-9-7-2/h20-23H,6-19,24-40H2,1-5H3/b22-20-,23-21-. The molecule has 0 aliphatic carbocycles. The molecule has 0 aromatic carbocycles. The molecule has 0 unspecified atom stereocenters. The fourth-order valence-corrected chi connectivity index (χ4v) is 6.65. The quantitative estimate of drug-likeness (QED) is 0.0534. The molecular formula is C41H81N. The molecule has 0 atom stereocenters. The van der Waals surface area contributed by atoms with Gasteiger partial charge in [-0.1, -0.05) is 173 Å². The van der Waals surface area contributed by atoms with E-state index in [1.807, 2.05) is 0 Å². The maximum atomic E-state index is 2.57. The first-order valence-corrected chi connectivity index (χ1v) is 19.5. The zero-order valence-electron chi connectivity index (χ0n) is 30.2. The summed E-state index contributed by atoms with van der Waals surface area (Å²) in [5.74, 6) is 0. The van der Waals surface area contributed by atoms with Crippen molar-refractivity contribution in [3.05, 3.63) is 24.3 Å². The third kappa shape index (κ3) is 32.4. The third-order valence-electron chi connectivity index (χ3n) is 9.28. The highest BCUT2D eigenvalue weighted by Crippen LogP contribution is 2.32. The molecule has 0 N–H and O–H groups in total. The molecule has 0 saturated heterocycles. The van der Waals surface area contributed by atoms with Gasteiger partial charge in [0.1, 0.15) is 0 Å². The minimum Gasteiger partial charge on any atom is -0.309 e. The van der Waals surface area contributed by atoms with Crippen LogP contribution >= 0.6 is 0 Å². The summed E-state index contributed by atoms with van der Waals surface area (Å²) in [6.45, 7) is 8.42. The molecule has 0 aromatic heterocycles. The Morgan fingerprint density at radius 1 is 0.381 bits per heavy atom. The Bertz CT molecular complexity index is 517. The summed E-state index contributed by atoms with van der Waals surface area (Å²) in [5.41, 5.74) is 0.505. The van der Waals surface area contributed by atoms with Gasteiger partial charge in [0.05, 0.1) is 0 Å². The Balaban J connectivity index is 3.70. The lowest BCUT2D eigenvalue weighted by Gasteiger charge is -2.33. The van der Waals surface area contributed by atoms with E-state index in [1.54, 1.807) is 0 Å². The summed E-state index contributed by atoms with van der Waals surface area (Å²) in [5, 5.41) is 0. The first-order valence-electron chi connectivity index (χ1n) is 19.5. The number of hydrogen-bond acceptors (Lipinski definition) is 1. The summed E-state index contributed by atoms with van der Waals surface area (Å²) in [4.78, 5) is 2.43. The van der Waals surface area contributed by atoms with Crippen molar-refractivity contribution in [2.75, 3.05) is 20.6 Å². The summed E-state index contributed by atoms with van der Waals surface area (Å²) in [7, 11) is 4.53. The van der Waals surface area contributed by atoms with E-state index in [0.717, 1.165) is 0 Å². The molecule has 42 heavy (non-hydrogen) atoms. The molecule has 0 rings (SSSR count). The Kier molecular flexibility index (Phi) is 32.9. The van der Waals surface area contributed by atoms with Crippen molar-refractivity contribution in [3.8, 4) is 0 Å². The van der Waals surface area contributed by atoms with E-state index in [4.69, 9.17) is 0 Å². The van der Waals surface area contributed by atoms with Crippen molar-refractivity contribution in [1.29, 1.82) is 0 Å². The molecule has 0 saturated carbocycles. The van der Waals surface area contributed by atoms with Crippen molar-refractivity contribution in [2.45, 2.75) is 213 Å². The lowest BCUT2D eigenvalue weighted by Crippen LogP contribution is -2.31. The van der Waals surface area contributed by atoms with Gasteiger partial charge in [0.2, 0.25) is 0 Å². The van der Waals surface area contributed by atoms with Gasteiger partial charge in [-0.05, 0) is 83.7 Å². The largest absolute Gasteiger partial charge is 0.309 e. The molecule has 0 aliphatic rings. The predicted octanol–water partition coefficient (Wildman–Crippen LogP) is 14.4. The number of unbranched alkanes of at least 4 members (excludes halogenated alkanes) is 24. The van der Waals surface area contributed by atoms with E-state index >= 15 is 0 Å². The van der Waals surface area contributed by atoms with Crippen LogP contribution in [0.15, 0.2) is 24.3 Å². The number of nitrogens with zero attached hydrogens (tertiary/aromatic N) is 1. The first-order chi connectivity index (χ1) is 20.5. The van der Waals surface area contributed by atoms with Gasteiger partial charge in [-0.2, -0.15) is 0 Å². The van der Waals surface area contributed by atoms with Gasteiger partial charge in [-0.25, -0.2) is 0 Å². The fourth-order valence-electron chi connectivity index (χ4n) is 6.65. The van der Waals surface area contributed by atoms with E-state index < -0.39 is 0 Å². The highest BCUT2D eigenvalue weighted by atomic mass is 15.1. The van der Waals surface area contributed by atoms with Crippen LogP contribution in [0.5, 0.6) is 0 Å². The van der Waals surface area contributed by atoms with Crippen molar-refractivity contribution in [3.63, 3.8) is 0 Å². The fraction of sp³-hybridized carbons (Fsp3) is 0.902. The third-order valence-corrected chi connectivity index (χ3v) is 9.28. The van der Waals surface area contributed by atoms with Gasteiger partial charge in [0.15, 0.2) is 0 Å². The van der Waals surface area contributed by atoms with Crippen LogP contribution in [0.2, 0.25) is 0 Å². The van der Waals surface area contributed by atoms with E-state index in [1.165, 1.54) is 199 Å². The van der Waals surface area contributed by atoms with Crippen LogP contribution in [0.1, 0.15) is 213 Å². The monoisotopic (exact) mass is 588 g/mol. The molecule has 0 fully saturated rings. The second-order valence-corrected chi connectivity index (χ2v) is 14.4. The zero-order chi connectivity index (χ0) is 30.8. The number of rotatable bonds is 34. The zero-order valence-corrected chi connectivity index (χ0v) is 30.2. The normalized spacial score (nSPS) is 12.5. The Morgan fingerprint density at radius 3 is 0.929 bits per heavy atom. The van der Waals surface area contributed by atoms with Gasteiger partial charge >= 0.3 is 0 Å². The maximum Gasteiger partial charge on any atom is 0.00292 e. The minimum atomic E-state index is 0.505. The molecule has 0 amide bonds. The van der Waals surface area contributed by atoms with Crippen molar-refractivity contribution < 1.29 is 0 Å². The molecule has 250 valence electrons. The van der Waals surface area contributed by atoms with Crippen LogP contribution in [-0.2, 0) is 0 Å². The van der Waals surface area contributed by atoms with E-state index in [9.17, 15) is 0 Å². The highest BCUT2D eigenvalue weighted by Gasteiger charge is 2.24. The lowest BCUT2D eigenvalue weighted by atomic mass is 9.79. The van der Waals surface area contributed by atoms with Gasteiger partial charge in [0.25, 0.3) is 0 Å². The van der Waals surface area contributed by atoms with Gasteiger partial charge in [-0.3, -0.25) is 0 Å². The molecule has 0 aliphatic heterocycles. The second kappa shape index (κ2) is 33.3. The van der Waals surface area contributed by atoms with Crippen LogP contribution in [0.3, 0.4) is 0 Å². The molecule has 0 heterocycles. The predicted molar refractivity (Wildman–Crippen MR) is 195 cm³/mol. The van der Waals surface area contributed by atoms with E-state index in [2.05, 4.69) is 64.1 Å². The molecule has 0 aromatic rings. The molecule has 1 nitrogen and oxygen atoms in total. The highest BCUT2D eigenvalue weighted by molar-refractivity contribution is 4.82. The van der Waals surface area contributed by atoms with Gasteiger partial charge < -0.3 is 4.90 Å². The van der Waals surface area contributed by atoms with Crippen LogP contribution in [-0.4, -0.2) is 25.5 Å². The van der Waals surface area contributed by atoms with E-state index in [0.29, 0.717) is 5.41 Å². The van der Waals surface area contributed by atoms with Crippen molar-refractivity contribution >= 4 is 0 Å². The van der Waals surface area contributed by atoms with Crippen LogP contribution in [0.25, 0.3) is 0 Å². The second-order valence-electron chi connectivity index (χ2n) is 14.4. The average Bonchev–Trinajstić information content (AvgIpc) is 2.96. The number of hydrogen-bond donors (Lipinski definition) is 0. The van der Waals surface area contributed by atoms with E-state index in [-0.39, 0.29) is 0 Å². The Morgan fingerprint density at radius 2 is 0.643 bits per heavy atom. The summed E-state index contributed by atoms with van der Waals surface area (Å²) in [6, 6.07) is 0. The van der Waals surface area contributed by atoms with Gasteiger partial charge in [0, 0.05) is 6.54 Å². The SMILES string of the molecule is CCCCCCCC/C=C\CCCCCCCCC(C)(CCCCCCCC/C=C\CCCCCCCC)CN(C)C. The average molecular weight is 588 g/mol. The van der Waals surface area contributed by atoms with Crippen LogP contribution in [0, 0.1) is 5.41 Å². The van der Waals surface area contributed by atoms with Gasteiger partial charge in [-0.15, -0.1) is 0 Å². The number of allylic oxidation sites excluding steroid dienone is 4. The molecule has 1 heteroatoms. The first kappa shape index (κ1) is 41.4. The minimum absolute atomic E-state index is 0.505. The molecule has 0 bridgehead atoms. The Labute approximate surface area is 268 Å². The molecule has 0 spiro atoms. The van der Waals surface area contributed by atoms with Crippen LogP contribution in [0.4, 0.5) is 0 Å². The smallest absolute Gasteiger partial charge is 0.00292 e. The maximum absolute atomic E-state index is 2.57. The molecule has 0 radical (unpaired) electrons. The van der Waals surface area contributed by atoms with Crippen molar-refractivity contribution in [1.82, 2.24) is 4.90 Å². The molecular weight excluding hydrogens is 506 g/mol.